The number of para-hydroxylation sites is 2. The molecule has 1 unspecified atom stereocenters. The number of nitrogens with one attached hydrogen (secondary N) is 2. The predicted molar refractivity (Wildman–Crippen MR) is 250 cm³/mol. The number of methoxy groups -OCH3 is 2. The maximum atomic E-state index is 13.4. The van der Waals surface area contributed by atoms with Crippen LogP contribution in [-0.2, 0) is 36.8 Å². The van der Waals surface area contributed by atoms with Crippen LogP contribution in [0.5, 0.6) is 11.5 Å². The second-order valence-corrected chi connectivity index (χ2v) is 14.6. The summed E-state index contributed by atoms with van der Waals surface area (Å²) in [6.07, 6.45) is 2.71. The Morgan fingerprint density at radius 3 is 1.56 bits per heavy atom. The summed E-state index contributed by atoms with van der Waals surface area (Å²) in [6, 6.07) is 28.3. The predicted octanol–water partition coefficient (Wildman–Crippen LogP) is 7.00. The number of nitrogens with zero attached hydrogens (tertiary/aromatic N) is 4. The Balaban J connectivity index is 0.000000364. The molecule has 0 heterocycles. The molecule has 0 saturated heterocycles. The number of carbonyl (C=O) groups is 5. The molecule has 0 saturated carbocycles. The standard InChI is InChI=1S/C23H26F2N4O4.C9H11NO2.C9H13NO.C8H8F2/c1-16(9-17-10-18(24)12-19(25)11-17)27-23(33)14-29(15-31)21-6-4-3-5-20(21)28(2)13-22(32)26-7-8-30;1-10(7-11)8-3-5-9(12-2)6-4-8;1-10(2)8-4-6-9(11-3)7-5-8;1-2-6-3-7(9)5-8(10)4-6/h3-6,8,10-12,15-16H,7,9,13-14H2,1-2H3,(H,26,32)(H,27,33);3-7H,1-2H3;4-7H,1-3H3;3-5H,2H2,1H3. The normalized spacial score (nSPS) is 10.4. The van der Waals surface area contributed by atoms with E-state index >= 15 is 0 Å². The highest BCUT2D eigenvalue weighted by atomic mass is 19.1. The van der Waals surface area contributed by atoms with E-state index in [1.165, 1.54) is 39.8 Å². The summed E-state index contributed by atoms with van der Waals surface area (Å²) in [7, 11) is 10.7. The Labute approximate surface area is 383 Å². The smallest absolute Gasteiger partial charge is 0.240 e. The fraction of sp³-hybridized carbons (Fsp3) is 0.286. The first-order chi connectivity index (χ1) is 31.5. The lowest BCUT2D eigenvalue weighted by Gasteiger charge is -2.26. The maximum Gasteiger partial charge on any atom is 0.240 e. The number of hydrogen-bond acceptors (Lipinski definition) is 9. The summed E-state index contributed by atoms with van der Waals surface area (Å²) in [5.74, 6) is -1.56. The van der Waals surface area contributed by atoms with Crippen molar-refractivity contribution in [2.24, 2.45) is 0 Å². The van der Waals surface area contributed by atoms with Gasteiger partial charge in [-0.1, -0.05) is 19.1 Å². The number of aryl methyl sites for hydroxylation is 1. The van der Waals surface area contributed by atoms with Crippen molar-refractivity contribution < 1.29 is 51.0 Å². The third-order valence-electron chi connectivity index (χ3n) is 9.24. The molecule has 0 bridgehead atoms. The number of carbonyl (C=O) groups excluding carboxylic acids is 5. The van der Waals surface area contributed by atoms with Gasteiger partial charge in [0.25, 0.3) is 0 Å². The van der Waals surface area contributed by atoms with E-state index < -0.39 is 35.2 Å². The first-order valence-corrected chi connectivity index (χ1v) is 20.5. The van der Waals surface area contributed by atoms with Crippen LogP contribution in [0, 0.1) is 23.3 Å². The van der Waals surface area contributed by atoms with Gasteiger partial charge >= 0.3 is 0 Å². The van der Waals surface area contributed by atoms with Gasteiger partial charge in [0.1, 0.15) is 47.6 Å². The largest absolute Gasteiger partial charge is 0.497 e. The molecule has 0 aromatic heterocycles. The quantitative estimate of drug-likeness (QED) is 0.0703. The molecule has 5 aromatic rings. The van der Waals surface area contributed by atoms with Crippen LogP contribution < -0.4 is 39.7 Å². The minimum Gasteiger partial charge on any atom is -0.497 e. The molecule has 0 aliphatic heterocycles. The first-order valence-electron chi connectivity index (χ1n) is 20.5. The minimum absolute atomic E-state index is 0.0645. The van der Waals surface area contributed by atoms with Crippen LogP contribution in [-0.4, -0.2) is 99.0 Å². The number of halogens is 4. The van der Waals surface area contributed by atoms with E-state index in [0.29, 0.717) is 41.6 Å². The fourth-order valence-corrected chi connectivity index (χ4v) is 5.90. The van der Waals surface area contributed by atoms with Gasteiger partial charge in [-0.15, -0.1) is 0 Å². The van der Waals surface area contributed by atoms with E-state index in [1.54, 1.807) is 64.4 Å². The molecule has 4 amide bonds. The third kappa shape index (κ3) is 20.0. The Morgan fingerprint density at radius 1 is 0.636 bits per heavy atom. The number of ether oxygens (including phenoxy) is 2. The molecule has 1 atom stereocenters. The second-order valence-electron chi connectivity index (χ2n) is 14.6. The van der Waals surface area contributed by atoms with Crippen LogP contribution in [0.15, 0.2) is 109 Å². The topological polar surface area (TPSA) is 141 Å². The number of hydrogen-bond donors (Lipinski definition) is 2. The van der Waals surface area contributed by atoms with Crippen LogP contribution >= 0.6 is 0 Å². The van der Waals surface area contributed by atoms with Crippen LogP contribution in [0.1, 0.15) is 25.0 Å². The van der Waals surface area contributed by atoms with Crippen molar-refractivity contribution in [3.05, 3.63) is 144 Å². The summed E-state index contributed by atoms with van der Waals surface area (Å²) in [6.45, 7) is 3.08. The molecule has 66 heavy (non-hydrogen) atoms. The third-order valence-corrected chi connectivity index (χ3v) is 9.24. The summed E-state index contributed by atoms with van der Waals surface area (Å²) in [5, 5.41) is 5.14. The molecule has 13 nitrogen and oxygen atoms in total. The van der Waals surface area contributed by atoms with Gasteiger partial charge < -0.3 is 44.5 Å². The monoisotopic (exact) mass is 918 g/mol. The second kappa shape index (κ2) is 29.1. The zero-order valence-electron chi connectivity index (χ0n) is 38.4. The SMILES string of the molecule is CC(Cc1cc(F)cc(F)c1)NC(=O)CN(C=O)c1ccccc1N(C)CC(=O)NCC=O.CCc1cc(F)cc(F)c1.COc1ccc(N(C)C)cc1.COc1ccc(N(C)C=O)cc1. The Kier molecular flexibility index (Phi) is 24.1. The van der Waals surface area contributed by atoms with Crippen LogP contribution in [0.4, 0.5) is 40.3 Å². The van der Waals surface area contributed by atoms with Crippen molar-refractivity contribution in [3.8, 4) is 11.5 Å². The van der Waals surface area contributed by atoms with Gasteiger partial charge in [-0.25, -0.2) is 17.6 Å². The molecular formula is C49H58F4N6O7. The minimum atomic E-state index is -0.698. The van der Waals surface area contributed by atoms with Crippen molar-refractivity contribution in [1.29, 1.82) is 0 Å². The summed E-state index contributed by atoms with van der Waals surface area (Å²) >= 11 is 0. The van der Waals surface area contributed by atoms with Crippen LogP contribution in [0.2, 0.25) is 0 Å². The molecule has 0 aliphatic carbocycles. The molecule has 5 rings (SSSR count). The molecule has 0 spiro atoms. The van der Waals surface area contributed by atoms with E-state index in [9.17, 15) is 41.5 Å². The molecule has 5 aromatic carbocycles. The van der Waals surface area contributed by atoms with Crippen molar-refractivity contribution in [2.75, 3.05) is 81.6 Å². The highest BCUT2D eigenvalue weighted by molar-refractivity contribution is 5.93. The Bertz CT molecular complexity index is 2240. The number of rotatable bonds is 18. The van der Waals surface area contributed by atoms with Crippen LogP contribution in [0.3, 0.4) is 0 Å². The van der Waals surface area contributed by atoms with Crippen molar-refractivity contribution >= 4 is 53.7 Å². The van der Waals surface area contributed by atoms with E-state index in [4.69, 9.17) is 9.47 Å². The zero-order valence-corrected chi connectivity index (χ0v) is 38.4. The van der Waals surface area contributed by atoms with Gasteiger partial charge in [0.15, 0.2) is 0 Å². The summed E-state index contributed by atoms with van der Waals surface area (Å²) < 4.78 is 61.5. The number of likely N-dealkylation sites (N-methyl/N-ethyl adjacent to an activating group) is 1. The molecule has 0 aliphatic rings. The molecule has 354 valence electrons. The van der Waals surface area contributed by atoms with Gasteiger partial charge in [-0.05, 0) is 116 Å². The molecule has 17 heteroatoms. The molecule has 2 N–H and O–H groups in total. The molecular weight excluding hydrogens is 861 g/mol. The number of anilines is 4. The number of benzene rings is 5. The molecule has 0 fully saturated rings. The van der Waals surface area contributed by atoms with Crippen LogP contribution in [0.25, 0.3) is 0 Å². The van der Waals surface area contributed by atoms with Crippen molar-refractivity contribution in [2.45, 2.75) is 32.7 Å². The Morgan fingerprint density at radius 2 is 1.12 bits per heavy atom. The van der Waals surface area contributed by atoms with Gasteiger partial charge in [0.05, 0.1) is 38.7 Å². The summed E-state index contributed by atoms with van der Waals surface area (Å²) in [5.41, 5.74) is 4.07. The van der Waals surface area contributed by atoms with E-state index in [-0.39, 0.29) is 32.0 Å². The van der Waals surface area contributed by atoms with Crippen molar-refractivity contribution in [1.82, 2.24) is 10.6 Å². The summed E-state index contributed by atoms with van der Waals surface area (Å²) in [4.78, 5) is 63.3. The Hall–Kier alpha value is -7.43. The molecule has 0 radical (unpaired) electrons. The van der Waals surface area contributed by atoms with E-state index in [0.717, 1.165) is 35.7 Å². The average molecular weight is 919 g/mol. The number of amides is 4. The lowest BCUT2D eigenvalue weighted by atomic mass is 10.1. The van der Waals surface area contributed by atoms with Gasteiger partial charge in [-0.2, -0.15) is 0 Å². The highest BCUT2D eigenvalue weighted by Crippen LogP contribution is 2.28. The first kappa shape index (κ1) is 54.7. The van der Waals surface area contributed by atoms with E-state index in [1.807, 2.05) is 69.6 Å². The van der Waals surface area contributed by atoms with E-state index in [2.05, 4.69) is 15.5 Å². The number of aldehydes is 1. The van der Waals surface area contributed by atoms with Gasteiger partial charge in [0, 0.05) is 57.7 Å². The maximum absolute atomic E-state index is 13.4. The highest BCUT2D eigenvalue weighted by Gasteiger charge is 2.19. The van der Waals surface area contributed by atoms with Gasteiger partial charge in [0.2, 0.25) is 24.6 Å². The fourth-order valence-electron chi connectivity index (χ4n) is 5.90. The average Bonchev–Trinajstić information content (AvgIpc) is 3.29. The zero-order chi connectivity index (χ0) is 49.2. The lowest BCUT2D eigenvalue weighted by Crippen LogP contribution is -2.42. The van der Waals surface area contributed by atoms with Crippen molar-refractivity contribution in [3.63, 3.8) is 0 Å². The lowest BCUT2D eigenvalue weighted by molar-refractivity contribution is -0.121. The van der Waals surface area contributed by atoms with Gasteiger partial charge in [-0.3, -0.25) is 19.2 Å².